The van der Waals surface area contributed by atoms with Crippen molar-refractivity contribution in [1.29, 1.82) is 0 Å². The zero-order valence-electron chi connectivity index (χ0n) is 16.5. The number of amides is 1. The van der Waals surface area contributed by atoms with Crippen molar-refractivity contribution in [2.75, 3.05) is 6.54 Å². The fraction of sp³-hybridized carbons (Fsp3) is 0.174. The Morgan fingerprint density at radius 3 is 2.37 bits per heavy atom. The van der Waals surface area contributed by atoms with Crippen molar-refractivity contribution >= 4 is 27.5 Å². The monoisotopic (exact) mass is 419 g/mol. The van der Waals surface area contributed by atoms with E-state index in [1.807, 2.05) is 43.3 Å². The van der Waals surface area contributed by atoms with Crippen LogP contribution in [0.3, 0.4) is 0 Å². The van der Waals surface area contributed by atoms with Crippen molar-refractivity contribution < 1.29 is 4.79 Å². The van der Waals surface area contributed by atoms with E-state index in [-0.39, 0.29) is 18.0 Å². The lowest BCUT2D eigenvalue weighted by Crippen LogP contribution is -2.41. The summed E-state index contributed by atoms with van der Waals surface area (Å²) in [6.45, 7) is 2.21. The maximum atomic E-state index is 13.2. The van der Waals surface area contributed by atoms with Gasteiger partial charge < -0.3 is 5.32 Å². The highest BCUT2D eigenvalue weighted by Gasteiger charge is 2.18. The van der Waals surface area contributed by atoms with Gasteiger partial charge in [0.2, 0.25) is 5.91 Å². The second-order valence-electron chi connectivity index (χ2n) is 7.01. The van der Waals surface area contributed by atoms with Gasteiger partial charge in [-0.3, -0.25) is 14.2 Å². The zero-order valence-corrected chi connectivity index (χ0v) is 17.3. The molecule has 30 heavy (non-hydrogen) atoms. The first kappa shape index (κ1) is 19.8. The summed E-state index contributed by atoms with van der Waals surface area (Å²) in [5.41, 5.74) is 0.727. The molecule has 0 radical (unpaired) electrons. The number of aryl methyl sites for hydroxylation is 1. The summed E-state index contributed by atoms with van der Waals surface area (Å²) in [5, 5.41) is 3.31. The molecule has 2 aromatic carbocycles. The molecule has 1 amide bonds. The highest BCUT2D eigenvalue weighted by molar-refractivity contribution is 7.18. The third-order valence-corrected chi connectivity index (χ3v) is 5.90. The summed E-state index contributed by atoms with van der Waals surface area (Å²) in [6, 6.07) is 20.4. The number of aromatic nitrogens is 2. The number of para-hydroxylation sites is 1. The second kappa shape index (κ2) is 8.51. The normalized spacial score (nSPS) is 11.0. The number of hydrogen-bond acceptors (Lipinski definition) is 4. The van der Waals surface area contributed by atoms with Gasteiger partial charge in [-0.1, -0.05) is 48.5 Å². The van der Waals surface area contributed by atoms with E-state index < -0.39 is 5.69 Å². The van der Waals surface area contributed by atoms with E-state index in [0.29, 0.717) is 28.9 Å². The summed E-state index contributed by atoms with van der Waals surface area (Å²) < 4.78 is 2.52. The summed E-state index contributed by atoms with van der Waals surface area (Å²) in [7, 11) is 0. The van der Waals surface area contributed by atoms with Gasteiger partial charge in [-0.05, 0) is 37.1 Å². The smallest absolute Gasteiger partial charge is 0.337 e. The Hall–Kier alpha value is -3.45. The third-order valence-electron chi connectivity index (χ3n) is 4.83. The lowest BCUT2D eigenvalue weighted by molar-refractivity contribution is -0.121. The number of rotatable bonds is 6. The first-order valence-electron chi connectivity index (χ1n) is 9.66. The van der Waals surface area contributed by atoms with Gasteiger partial charge in [0.25, 0.3) is 5.56 Å². The molecule has 0 fully saturated rings. The van der Waals surface area contributed by atoms with Gasteiger partial charge in [0.1, 0.15) is 11.4 Å². The molecule has 2 heterocycles. The molecular formula is C23H21N3O3S. The third kappa shape index (κ3) is 3.97. The van der Waals surface area contributed by atoms with Crippen LogP contribution < -0.4 is 16.6 Å². The average Bonchev–Trinajstić information content (AvgIpc) is 3.15. The number of fused-ring (bicyclic) bond motifs is 1. The van der Waals surface area contributed by atoms with E-state index in [9.17, 15) is 14.4 Å². The van der Waals surface area contributed by atoms with Crippen LogP contribution in [0.5, 0.6) is 0 Å². The van der Waals surface area contributed by atoms with Gasteiger partial charge in [0.15, 0.2) is 0 Å². The van der Waals surface area contributed by atoms with Gasteiger partial charge >= 0.3 is 5.69 Å². The van der Waals surface area contributed by atoms with E-state index >= 15 is 0 Å². The van der Waals surface area contributed by atoms with Crippen molar-refractivity contribution in [1.82, 2.24) is 14.5 Å². The number of nitrogens with one attached hydrogen (secondary N) is 1. The van der Waals surface area contributed by atoms with Crippen LogP contribution >= 0.6 is 11.3 Å². The standard InChI is InChI=1S/C23H21N3O3S/c1-16-14-19-21(28)26(18-10-6-3-7-11-18)23(29)25(22(19)30-16)15-20(27)24-13-12-17-8-4-2-5-9-17/h2-11,14H,12-13,15H2,1H3,(H,24,27). The molecule has 6 nitrogen and oxygen atoms in total. The van der Waals surface area contributed by atoms with Gasteiger partial charge in [-0.2, -0.15) is 0 Å². The van der Waals surface area contributed by atoms with Crippen LogP contribution in [0.1, 0.15) is 10.4 Å². The van der Waals surface area contributed by atoms with E-state index in [0.717, 1.165) is 15.0 Å². The molecule has 0 spiro atoms. The largest absolute Gasteiger partial charge is 0.354 e. The SMILES string of the molecule is Cc1cc2c(=O)n(-c3ccccc3)c(=O)n(CC(=O)NCCc3ccccc3)c2s1. The van der Waals surface area contributed by atoms with Crippen LogP contribution in [-0.4, -0.2) is 21.6 Å². The fourth-order valence-corrected chi connectivity index (χ4v) is 4.40. The van der Waals surface area contributed by atoms with Crippen molar-refractivity contribution in [3.05, 3.63) is 98.0 Å². The molecule has 0 unspecified atom stereocenters. The lowest BCUT2D eigenvalue weighted by Gasteiger charge is -2.12. The summed E-state index contributed by atoms with van der Waals surface area (Å²) in [4.78, 5) is 40.2. The molecule has 0 aliphatic carbocycles. The number of hydrogen-bond donors (Lipinski definition) is 1. The Labute approximate surface area is 177 Å². The first-order chi connectivity index (χ1) is 14.5. The van der Waals surface area contributed by atoms with Gasteiger partial charge in [-0.15, -0.1) is 11.3 Å². The number of benzene rings is 2. The van der Waals surface area contributed by atoms with Crippen LogP contribution in [0, 0.1) is 6.92 Å². The Morgan fingerprint density at radius 2 is 1.67 bits per heavy atom. The topological polar surface area (TPSA) is 73.1 Å². The minimum Gasteiger partial charge on any atom is -0.354 e. The number of carbonyl (C=O) groups is 1. The molecule has 0 aliphatic rings. The molecule has 0 saturated carbocycles. The van der Waals surface area contributed by atoms with Gasteiger partial charge in [0.05, 0.1) is 11.1 Å². The van der Waals surface area contributed by atoms with Crippen molar-refractivity contribution in [2.24, 2.45) is 0 Å². The average molecular weight is 420 g/mol. The van der Waals surface area contributed by atoms with Crippen LogP contribution in [0.15, 0.2) is 76.3 Å². The van der Waals surface area contributed by atoms with Crippen LogP contribution in [0.4, 0.5) is 0 Å². The second-order valence-corrected chi connectivity index (χ2v) is 8.24. The fourth-order valence-electron chi connectivity index (χ4n) is 3.41. The predicted molar refractivity (Wildman–Crippen MR) is 120 cm³/mol. The molecule has 0 bridgehead atoms. The van der Waals surface area contributed by atoms with E-state index in [2.05, 4.69) is 5.32 Å². The summed E-state index contributed by atoms with van der Waals surface area (Å²) in [5.74, 6) is -0.265. The number of carbonyl (C=O) groups excluding carboxylic acids is 1. The van der Waals surface area contributed by atoms with Crippen molar-refractivity contribution in [3.8, 4) is 5.69 Å². The van der Waals surface area contributed by atoms with E-state index in [4.69, 9.17) is 0 Å². The molecule has 152 valence electrons. The number of thiophene rings is 1. The zero-order chi connectivity index (χ0) is 21.1. The highest BCUT2D eigenvalue weighted by atomic mass is 32.1. The molecule has 2 aromatic heterocycles. The van der Waals surface area contributed by atoms with Crippen molar-refractivity contribution in [2.45, 2.75) is 19.9 Å². The van der Waals surface area contributed by atoms with E-state index in [1.165, 1.54) is 15.9 Å². The molecule has 0 atom stereocenters. The van der Waals surface area contributed by atoms with Gasteiger partial charge in [0, 0.05) is 11.4 Å². The Bertz CT molecular complexity index is 1300. The number of nitrogens with zero attached hydrogens (tertiary/aromatic N) is 2. The maximum Gasteiger partial charge on any atom is 0.337 e. The van der Waals surface area contributed by atoms with Crippen LogP contribution in [-0.2, 0) is 17.8 Å². The van der Waals surface area contributed by atoms with Crippen molar-refractivity contribution in [3.63, 3.8) is 0 Å². The molecule has 7 heteroatoms. The van der Waals surface area contributed by atoms with Crippen LogP contribution in [0.2, 0.25) is 0 Å². The molecule has 4 rings (SSSR count). The molecular weight excluding hydrogens is 398 g/mol. The first-order valence-corrected chi connectivity index (χ1v) is 10.5. The molecule has 1 N–H and O–H groups in total. The molecule has 4 aromatic rings. The minimum atomic E-state index is -0.515. The molecule has 0 aliphatic heterocycles. The maximum absolute atomic E-state index is 13.2. The van der Waals surface area contributed by atoms with Crippen LogP contribution in [0.25, 0.3) is 15.9 Å². The summed E-state index contributed by atoms with van der Waals surface area (Å²) in [6.07, 6.45) is 0.707. The van der Waals surface area contributed by atoms with Gasteiger partial charge in [-0.25, -0.2) is 9.36 Å². The Balaban J connectivity index is 1.65. The Kier molecular flexibility index (Phi) is 5.63. The minimum absolute atomic E-state index is 0.142. The predicted octanol–water partition coefficient (Wildman–Crippen LogP) is 2.88. The van der Waals surface area contributed by atoms with E-state index in [1.54, 1.807) is 30.3 Å². The highest BCUT2D eigenvalue weighted by Crippen LogP contribution is 2.21. The Morgan fingerprint density at radius 1 is 1.00 bits per heavy atom. The quantitative estimate of drug-likeness (QED) is 0.522. The molecule has 0 saturated heterocycles. The lowest BCUT2D eigenvalue weighted by atomic mass is 10.1. The summed E-state index contributed by atoms with van der Waals surface area (Å²) >= 11 is 1.34.